The SMILES string of the molecule is O=C(c1ccc(CN2CCS(O)(O)CC2)cc1)N1CCc2noc(-c3cc(Cl)c(O)cc3O)c2C1. The molecule has 0 bridgehead atoms. The molecule has 186 valence electrons. The fraction of sp³-hybridized carbons (Fsp3) is 0.333. The summed E-state index contributed by atoms with van der Waals surface area (Å²) in [5.41, 5.74) is 3.36. The fourth-order valence-corrected chi connectivity index (χ4v) is 5.92. The van der Waals surface area contributed by atoms with Gasteiger partial charge in [0.15, 0.2) is 5.76 Å². The van der Waals surface area contributed by atoms with Crippen molar-refractivity contribution < 1.29 is 28.6 Å². The molecule has 1 saturated heterocycles. The Morgan fingerprint density at radius 3 is 2.49 bits per heavy atom. The molecule has 2 aliphatic rings. The lowest BCUT2D eigenvalue weighted by Crippen LogP contribution is -2.37. The van der Waals surface area contributed by atoms with E-state index < -0.39 is 10.6 Å². The zero-order chi connectivity index (χ0) is 24.7. The van der Waals surface area contributed by atoms with Crippen LogP contribution in [0.3, 0.4) is 0 Å². The van der Waals surface area contributed by atoms with E-state index in [0.717, 1.165) is 17.3 Å². The normalized spacial score (nSPS) is 18.8. The molecule has 3 aromatic rings. The van der Waals surface area contributed by atoms with Crippen LogP contribution in [-0.2, 0) is 19.5 Å². The summed E-state index contributed by atoms with van der Waals surface area (Å²) in [7, 11) is -2.42. The van der Waals surface area contributed by atoms with Crippen LogP contribution >= 0.6 is 22.2 Å². The van der Waals surface area contributed by atoms with Gasteiger partial charge in [0, 0.05) is 49.8 Å². The molecule has 9 nitrogen and oxygen atoms in total. The molecule has 5 rings (SSSR count). The van der Waals surface area contributed by atoms with Crippen molar-refractivity contribution in [1.82, 2.24) is 15.0 Å². The topological polar surface area (TPSA) is 130 Å². The van der Waals surface area contributed by atoms with Crippen molar-refractivity contribution in [2.45, 2.75) is 19.5 Å². The Kier molecular flexibility index (Phi) is 6.41. The summed E-state index contributed by atoms with van der Waals surface area (Å²) in [6.45, 7) is 2.73. The lowest BCUT2D eigenvalue weighted by molar-refractivity contribution is 0.0734. The van der Waals surface area contributed by atoms with Gasteiger partial charge in [-0.05, 0) is 23.8 Å². The molecule has 4 N–H and O–H groups in total. The third kappa shape index (κ3) is 4.98. The molecule has 0 unspecified atom stereocenters. The number of nitrogens with zero attached hydrogens (tertiary/aromatic N) is 3. The van der Waals surface area contributed by atoms with Gasteiger partial charge in [-0.3, -0.25) is 18.8 Å². The van der Waals surface area contributed by atoms with Gasteiger partial charge < -0.3 is 19.6 Å². The van der Waals surface area contributed by atoms with Crippen LogP contribution in [0.1, 0.15) is 27.2 Å². The van der Waals surface area contributed by atoms with E-state index in [2.05, 4.69) is 10.1 Å². The second kappa shape index (κ2) is 9.36. The summed E-state index contributed by atoms with van der Waals surface area (Å²) in [5, 5.41) is 24.2. The van der Waals surface area contributed by atoms with E-state index in [9.17, 15) is 24.1 Å². The number of aromatic nitrogens is 1. The minimum atomic E-state index is -2.42. The maximum Gasteiger partial charge on any atom is 0.254 e. The van der Waals surface area contributed by atoms with Crippen LogP contribution in [0.5, 0.6) is 11.5 Å². The number of carbonyl (C=O) groups excluding carboxylic acids is 1. The third-order valence-electron chi connectivity index (χ3n) is 6.51. The maximum atomic E-state index is 13.2. The number of phenolic OH excluding ortho intramolecular Hbond substituents is 2. The van der Waals surface area contributed by atoms with Gasteiger partial charge in [-0.2, -0.15) is 10.6 Å². The molecule has 1 fully saturated rings. The number of rotatable bonds is 4. The Balaban J connectivity index is 1.29. The minimum Gasteiger partial charge on any atom is -0.507 e. The van der Waals surface area contributed by atoms with Crippen molar-refractivity contribution in [3.8, 4) is 22.8 Å². The predicted molar refractivity (Wildman–Crippen MR) is 133 cm³/mol. The predicted octanol–water partition coefficient (Wildman–Crippen LogP) is 4.17. The van der Waals surface area contributed by atoms with Crippen LogP contribution in [-0.4, -0.2) is 71.3 Å². The Bertz CT molecular complexity index is 1250. The summed E-state index contributed by atoms with van der Waals surface area (Å²) in [5.74, 6) is 0.583. The van der Waals surface area contributed by atoms with E-state index in [-0.39, 0.29) is 29.0 Å². The van der Waals surface area contributed by atoms with Crippen LogP contribution < -0.4 is 0 Å². The number of fused-ring (bicyclic) bond motifs is 1. The van der Waals surface area contributed by atoms with Gasteiger partial charge in [0.05, 0.1) is 34.3 Å². The van der Waals surface area contributed by atoms with E-state index in [1.54, 1.807) is 4.90 Å². The van der Waals surface area contributed by atoms with Crippen molar-refractivity contribution in [3.63, 3.8) is 0 Å². The monoisotopic (exact) mass is 519 g/mol. The molecular formula is C24H26ClN3O6S. The fourth-order valence-electron chi connectivity index (χ4n) is 4.45. The molecule has 0 radical (unpaired) electrons. The van der Waals surface area contributed by atoms with Gasteiger partial charge in [-0.1, -0.05) is 28.9 Å². The molecule has 2 aromatic carbocycles. The summed E-state index contributed by atoms with van der Waals surface area (Å²) >= 11 is 6.02. The van der Waals surface area contributed by atoms with Crippen LogP contribution in [0.2, 0.25) is 5.02 Å². The molecular weight excluding hydrogens is 494 g/mol. The van der Waals surface area contributed by atoms with Crippen LogP contribution in [0.25, 0.3) is 11.3 Å². The van der Waals surface area contributed by atoms with Crippen molar-refractivity contribution in [1.29, 1.82) is 0 Å². The number of phenols is 2. The molecule has 0 saturated carbocycles. The molecule has 2 aliphatic heterocycles. The Morgan fingerprint density at radius 1 is 1.06 bits per heavy atom. The molecule has 1 amide bonds. The minimum absolute atomic E-state index is 0.0737. The van der Waals surface area contributed by atoms with Gasteiger partial charge in [0.1, 0.15) is 11.5 Å². The highest BCUT2D eigenvalue weighted by Crippen LogP contribution is 2.41. The molecule has 0 atom stereocenters. The number of halogens is 1. The van der Waals surface area contributed by atoms with Crippen LogP contribution in [0.15, 0.2) is 40.9 Å². The van der Waals surface area contributed by atoms with Gasteiger partial charge in [0.2, 0.25) is 0 Å². The Morgan fingerprint density at radius 2 is 1.77 bits per heavy atom. The molecule has 0 aliphatic carbocycles. The lowest BCUT2D eigenvalue weighted by atomic mass is 10.00. The Hall–Kier alpha value is -2.76. The van der Waals surface area contributed by atoms with Crippen LogP contribution in [0.4, 0.5) is 0 Å². The summed E-state index contributed by atoms with van der Waals surface area (Å²) < 4.78 is 25.0. The first-order valence-corrected chi connectivity index (χ1v) is 13.5. The largest absolute Gasteiger partial charge is 0.507 e. The zero-order valence-corrected chi connectivity index (χ0v) is 20.4. The maximum absolute atomic E-state index is 13.2. The highest BCUT2D eigenvalue weighted by Gasteiger charge is 2.29. The summed E-state index contributed by atoms with van der Waals surface area (Å²) in [4.78, 5) is 17.1. The Labute approximate surface area is 208 Å². The van der Waals surface area contributed by atoms with Crippen molar-refractivity contribution in [2.24, 2.45) is 0 Å². The van der Waals surface area contributed by atoms with Crippen LogP contribution in [0, 0.1) is 0 Å². The van der Waals surface area contributed by atoms with Crippen molar-refractivity contribution >= 4 is 28.1 Å². The second-order valence-electron chi connectivity index (χ2n) is 8.92. The molecule has 35 heavy (non-hydrogen) atoms. The van der Waals surface area contributed by atoms with Gasteiger partial charge >= 0.3 is 0 Å². The van der Waals surface area contributed by atoms with E-state index in [4.69, 9.17) is 16.1 Å². The first-order chi connectivity index (χ1) is 16.7. The molecule has 1 aromatic heterocycles. The summed E-state index contributed by atoms with van der Waals surface area (Å²) in [6.07, 6.45) is 0.517. The smallest absolute Gasteiger partial charge is 0.254 e. The highest BCUT2D eigenvalue weighted by molar-refractivity contribution is 8.24. The van der Waals surface area contributed by atoms with Gasteiger partial charge in [-0.25, -0.2) is 0 Å². The van der Waals surface area contributed by atoms with E-state index in [1.807, 2.05) is 24.3 Å². The highest BCUT2D eigenvalue weighted by atomic mass is 35.5. The van der Waals surface area contributed by atoms with Gasteiger partial charge in [-0.15, -0.1) is 0 Å². The number of hydrogen-bond acceptors (Lipinski definition) is 8. The lowest BCUT2D eigenvalue weighted by Gasteiger charge is -2.41. The number of carbonyl (C=O) groups is 1. The van der Waals surface area contributed by atoms with E-state index in [0.29, 0.717) is 66.6 Å². The number of aromatic hydroxyl groups is 2. The third-order valence-corrected chi connectivity index (χ3v) is 8.49. The summed E-state index contributed by atoms with van der Waals surface area (Å²) in [6, 6.07) is 10.0. The van der Waals surface area contributed by atoms with E-state index in [1.165, 1.54) is 6.07 Å². The standard InChI is InChI=1S/C24H26ClN3O6S/c25-19-11-17(21(29)12-22(19)30)23-18-14-28(6-5-20(18)26-34-23)24(31)16-3-1-15(2-4-16)13-27-7-9-35(32,33)10-8-27/h1-4,11-12,29-30,32-33H,5-10,13-14H2. The average molecular weight is 520 g/mol. The number of benzene rings is 2. The molecule has 11 heteroatoms. The first-order valence-electron chi connectivity index (χ1n) is 11.2. The quantitative estimate of drug-likeness (QED) is 0.404. The first kappa shape index (κ1) is 24.0. The van der Waals surface area contributed by atoms with Crippen molar-refractivity contribution in [3.05, 3.63) is 63.8 Å². The van der Waals surface area contributed by atoms with Crippen molar-refractivity contribution in [2.75, 3.05) is 31.1 Å². The average Bonchev–Trinajstić information content (AvgIpc) is 3.26. The van der Waals surface area contributed by atoms with Gasteiger partial charge in [0.25, 0.3) is 5.91 Å². The molecule has 0 spiro atoms. The zero-order valence-electron chi connectivity index (χ0n) is 18.9. The number of hydrogen-bond donors (Lipinski definition) is 4. The van der Waals surface area contributed by atoms with E-state index >= 15 is 0 Å². The molecule has 3 heterocycles. The number of amides is 1. The second-order valence-corrected chi connectivity index (χ2v) is 11.7.